The predicted octanol–water partition coefficient (Wildman–Crippen LogP) is 4.45. The zero-order chi connectivity index (χ0) is 17.4. The molecule has 1 aromatic heterocycles. The number of rotatable bonds is 3. The highest BCUT2D eigenvalue weighted by atomic mass is 32.1. The molecule has 0 saturated carbocycles. The molecule has 0 atom stereocenters. The number of aromatic carboxylic acids is 1. The number of hydrogen-bond donors (Lipinski definition) is 2. The maximum Gasteiger partial charge on any atom is 0.335 e. The summed E-state index contributed by atoms with van der Waals surface area (Å²) in [4.78, 5) is 11.1. The SMILES string of the molecule is O=C(O)c1ccc(-n2c(-c3cccc4ccccc34)n[nH]c2=S)cc1. The molecule has 4 aromatic rings. The van der Waals surface area contributed by atoms with Crippen LogP contribution in [0.25, 0.3) is 27.8 Å². The van der Waals surface area contributed by atoms with Crippen molar-refractivity contribution in [1.29, 1.82) is 0 Å². The van der Waals surface area contributed by atoms with E-state index in [0.29, 0.717) is 10.6 Å². The second kappa shape index (κ2) is 5.99. The normalized spacial score (nSPS) is 10.9. The van der Waals surface area contributed by atoms with Gasteiger partial charge in [0, 0.05) is 5.56 Å². The van der Waals surface area contributed by atoms with Crippen LogP contribution in [0.4, 0.5) is 0 Å². The summed E-state index contributed by atoms with van der Waals surface area (Å²) in [5, 5.41) is 18.5. The lowest BCUT2D eigenvalue weighted by Gasteiger charge is -2.09. The van der Waals surface area contributed by atoms with Crippen LogP contribution < -0.4 is 0 Å². The highest BCUT2D eigenvalue weighted by Gasteiger charge is 2.14. The number of carboxylic acid groups (broad SMARTS) is 1. The molecule has 0 saturated heterocycles. The van der Waals surface area contributed by atoms with Crippen LogP contribution in [-0.4, -0.2) is 25.8 Å². The Hall–Kier alpha value is -3.25. The van der Waals surface area contributed by atoms with Crippen LogP contribution in [0.5, 0.6) is 0 Å². The molecule has 0 amide bonds. The Labute approximate surface area is 148 Å². The minimum absolute atomic E-state index is 0.227. The molecule has 4 rings (SSSR count). The third-order valence-electron chi connectivity index (χ3n) is 4.08. The minimum atomic E-state index is -0.961. The third-order valence-corrected chi connectivity index (χ3v) is 4.35. The number of H-pyrrole nitrogens is 1. The minimum Gasteiger partial charge on any atom is -0.478 e. The summed E-state index contributed by atoms with van der Waals surface area (Å²) in [6.45, 7) is 0. The molecular formula is C19H13N3O2S. The van der Waals surface area contributed by atoms with Crippen molar-refractivity contribution in [2.24, 2.45) is 0 Å². The topological polar surface area (TPSA) is 70.9 Å². The van der Waals surface area contributed by atoms with E-state index in [-0.39, 0.29) is 5.56 Å². The summed E-state index contributed by atoms with van der Waals surface area (Å²) in [6.07, 6.45) is 0. The molecule has 0 aliphatic heterocycles. The van der Waals surface area contributed by atoms with Crippen molar-refractivity contribution >= 4 is 29.0 Å². The first-order valence-electron chi connectivity index (χ1n) is 7.64. The van der Waals surface area contributed by atoms with Gasteiger partial charge in [0.15, 0.2) is 10.6 Å². The van der Waals surface area contributed by atoms with E-state index >= 15 is 0 Å². The number of nitrogens with one attached hydrogen (secondary N) is 1. The molecule has 25 heavy (non-hydrogen) atoms. The summed E-state index contributed by atoms with van der Waals surface area (Å²) in [5.74, 6) is -0.276. The van der Waals surface area contributed by atoms with E-state index in [1.807, 2.05) is 47.0 Å². The first-order chi connectivity index (χ1) is 12.1. The zero-order valence-corrected chi connectivity index (χ0v) is 13.8. The molecule has 0 spiro atoms. The van der Waals surface area contributed by atoms with E-state index < -0.39 is 5.97 Å². The van der Waals surface area contributed by atoms with E-state index in [1.54, 1.807) is 24.3 Å². The van der Waals surface area contributed by atoms with Crippen LogP contribution in [0.15, 0.2) is 66.7 Å². The highest BCUT2D eigenvalue weighted by molar-refractivity contribution is 7.71. The lowest BCUT2D eigenvalue weighted by atomic mass is 10.0. The van der Waals surface area contributed by atoms with Crippen molar-refractivity contribution in [3.05, 3.63) is 77.1 Å². The molecule has 0 unspecified atom stereocenters. The van der Waals surface area contributed by atoms with Crippen LogP contribution in [0, 0.1) is 4.77 Å². The Kier molecular flexibility index (Phi) is 3.66. The average molecular weight is 347 g/mol. The molecule has 0 fully saturated rings. The van der Waals surface area contributed by atoms with Crippen molar-refractivity contribution in [2.45, 2.75) is 0 Å². The number of fused-ring (bicyclic) bond motifs is 1. The molecule has 3 aromatic carbocycles. The van der Waals surface area contributed by atoms with Crippen LogP contribution in [0.1, 0.15) is 10.4 Å². The highest BCUT2D eigenvalue weighted by Crippen LogP contribution is 2.29. The lowest BCUT2D eigenvalue weighted by Crippen LogP contribution is -2.00. The Bertz CT molecular complexity index is 1140. The van der Waals surface area contributed by atoms with Crippen LogP contribution in [0.3, 0.4) is 0 Å². The molecule has 0 aliphatic rings. The maximum absolute atomic E-state index is 11.1. The monoisotopic (exact) mass is 347 g/mol. The van der Waals surface area contributed by atoms with Gasteiger partial charge in [0.1, 0.15) is 0 Å². The summed E-state index contributed by atoms with van der Waals surface area (Å²) >= 11 is 5.39. The Balaban J connectivity index is 1.93. The number of benzene rings is 3. The summed E-state index contributed by atoms with van der Waals surface area (Å²) in [7, 11) is 0. The maximum atomic E-state index is 11.1. The van der Waals surface area contributed by atoms with Gasteiger partial charge >= 0.3 is 5.97 Å². The van der Waals surface area contributed by atoms with Crippen molar-refractivity contribution in [3.63, 3.8) is 0 Å². The fraction of sp³-hybridized carbons (Fsp3) is 0. The standard InChI is InChI=1S/C19H13N3O2S/c23-18(24)13-8-10-14(11-9-13)22-17(20-21-19(22)25)16-7-3-5-12-4-1-2-6-15(12)16/h1-11H,(H,21,25)(H,23,24). The van der Waals surface area contributed by atoms with Crippen LogP contribution >= 0.6 is 12.2 Å². The molecule has 6 heteroatoms. The van der Waals surface area contributed by atoms with Gasteiger partial charge in [-0.3, -0.25) is 9.67 Å². The number of hydrogen-bond acceptors (Lipinski definition) is 3. The first-order valence-corrected chi connectivity index (χ1v) is 8.05. The number of nitrogens with zero attached hydrogens (tertiary/aromatic N) is 2. The third kappa shape index (κ3) is 2.62. The van der Waals surface area contributed by atoms with Gasteiger partial charge in [-0.05, 0) is 47.3 Å². The first kappa shape index (κ1) is 15.3. The molecule has 0 radical (unpaired) electrons. The summed E-state index contributed by atoms with van der Waals surface area (Å²) in [6, 6.07) is 20.7. The fourth-order valence-electron chi connectivity index (χ4n) is 2.89. The molecule has 1 heterocycles. The summed E-state index contributed by atoms with van der Waals surface area (Å²) < 4.78 is 2.26. The van der Waals surface area contributed by atoms with Crippen LogP contribution in [-0.2, 0) is 0 Å². The zero-order valence-electron chi connectivity index (χ0n) is 13.0. The molecular weight excluding hydrogens is 334 g/mol. The van der Waals surface area contributed by atoms with Gasteiger partial charge in [0.25, 0.3) is 0 Å². The number of aromatic amines is 1. The fourth-order valence-corrected chi connectivity index (χ4v) is 3.13. The van der Waals surface area contributed by atoms with E-state index in [2.05, 4.69) is 10.2 Å². The van der Waals surface area contributed by atoms with Crippen molar-refractivity contribution in [2.75, 3.05) is 0 Å². The Morgan fingerprint density at radius 3 is 2.48 bits per heavy atom. The second-order valence-electron chi connectivity index (χ2n) is 5.57. The van der Waals surface area contributed by atoms with Gasteiger partial charge in [0.05, 0.1) is 11.3 Å². The quantitative estimate of drug-likeness (QED) is 0.537. The second-order valence-corrected chi connectivity index (χ2v) is 5.95. The van der Waals surface area contributed by atoms with E-state index in [1.165, 1.54) is 0 Å². The van der Waals surface area contributed by atoms with E-state index in [9.17, 15) is 4.79 Å². The van der Waals surface area contributed by atoms with Gasteiger partial charge in [0.2, 0.25) is 0 Å². The molecule has 5 nitrogen and oxygen atoms in total. The number of carbonyl (C=O) groups is 1. The van der Waals surface area contributed by atoms with Gasteiger partial charge < -0.3 is 5.11 Å². The molecule has 0 aliphatic carbocycles. The van der Waals surface area contributed by atoms with Gasteiger partial charge in [-0.1, -0.05) is 42.5 Å². The Morgan fingerprint density at radius 2 is 1.72 bits per heavy atom. The van der Waals surface area contributed by atoms with Gasteiger partial charge in [-0.15, -0.1) is 0 Å². The van der Waals surface area contributed by atoms with Crippen molar-refractivity contribution < 1.29 is 9.90 Å². The summed E-state index contributed by atoms with van der Waals surface area (Å²) in [5.41, 5.74) is 1.94. The lowest BCUT2D eigenvalue weighted by molar-refractivity contribution is 0.0697. The molecule has 0 bridgehead atoms. The van der Waals surface area contributed by atoms with E-state index in [4.69, 9.17) is 17.3 Å². The van der Waals surface area contributed by atoms with Crippen molar-refractivity contribution in [1.82, 2.24) is 14.8 Å². The molecule has 122 valence electrons. The number of aromatic nitrogens is 3. The Morgan fingerprint density at radius 1 is 1.00 bits per heavy atom. The van der Waals surface area contributed by atoms with Gasteiger partial charge in [-0.25, -0.2) is 4.79 Å². The smallest absolute Gasteiger partial charge is 0.335 e. The number of carboxylic acids is 1. The largest absolute Gasteiger partial charge is 0.478 e. The van der Waals surface area contributed by atoms with Gasteiger partial charge in [-0.2, -0.15) is 5.10 Å². The van der Waals surface area contributed by atoms with Crippen LogP contribution in [0.2, 0.25) is 0 Å². The van der Waals surface area contributed by atoms with E-state index in [0.717, 1.165) is 22.0 Å². The average Bonchev–Trinajstić information content (AvgIpc) is 3.02. The molecule has 2 N–H and O–H groups in total. The predicted molar refractivity (Wildman–Crippen MR) is 98.7 cm³/mol. The van der Waals surface area contributed by atoms with Crippen molar-refractivity contribution in [3.8, 4) is 17.1 Å².